The van der Waals surface area contributed by atoms with Crippen LogP contribution >= 0.6 is 0 Å². The molecule has 2 rings (SSSR count). The molecule has 38 heavy (non-hydrogen) atoms. The first-order valence-corrected chi connectivity index (χ1v) is 12.3. The van der Waals surface area contributed by atoms with Crippen molar-refractivity contribution in [2.45, 2.75) is 59.1 Å². The van der Waals surface area contributed by atoms with Gasteiger partial charge in [0.1, 0.15) is 23.1 Å². The minimum atomic E-state index is -0.710. The minimum absolute atomic E-state index is 0.0104. The first-order chi connectivity index (χ1) is 17.9. The Morgan fingerprint density at radius 3 is 2.50 bits per heavy atom. The topological polar surface area (TPSA) is 158 Å². The number of rotatable bonds is 12. The first kappa shape index (κ1) is 30.1. The highest BCUT2D eigenvalue weighted by Crippen LogP contribution is 2.25. The van der Waals surface area contributed by atoms with Gasteiger partial charge in [-0.2, -0.15) is 4.98 Å². The van der Waals surface area contributed by atoms with E-state index in [2.05, 4.69) is 20.6 Å². The number of hydrogen-bond acceptors (Lipinski definition) is 9. The smallest absolute Gasteiger partial charge is 0.410 e. The number of hydrogen-bond donors (Lipinski definition) is 3. The summed E-state index contributed by atoms with van der Waals surface area (Å²) in [5.74, 6) is 0.0573. The lowest BCUT2D eigenvalue weighted by atomic mass is 10.2. The maximum atomic E-state index is 12.4. The SMILES string of the molecule is CCc1nc(C(N)=O)c(Nc2cccc(OCCCNC(=O)[C@H](C)N(C)C(=O)OC(C)(C)C)c2)nc1OC. The molecule has 0 saturated carbocycles. The number of benzene rings is 1. The third-order valence-electron chi connectivity index (χ3n) is 5.32. The van der Waals surface area contributed by atoms with Gasteiger partial charge >= 0.3 is 6.09 Å². The molecule has 4 N–H and O–H groups in total. The number of carbonyl (C=O) groups excluding carboxylic acids is 3. The van der Waals surface area contributed by atoms with Gasteiger partial charge in [0.25, 0.3) is 5.91 Å². The lowest BCUT2D eigenvalue weighted by molar-refractivity contribution is -0.125. The molecule has 0 spiro atoms. The number of aryl methyl sites for hydroxylation is 1. The summed E-state index contributed by atoms with van der Waals surface area (Å²) in [6, 6.07) is 6.39. The van der Waals surface area contributed by atoms with Crippen LogP contribution in [0.2, 0.25) is 0 Å². The number of nitrogens with zero attached hydrogens (tertiary/aromatic N) is 3. The fourth-order valence-electron chi connectivity index (χ4n) is 3.20. The zero-order chi connectivity index (χ0) is 28.5. The highest BCUT2D eigenvalue weighted by Gasteiger charge is 2.26. The second-order valence-electron chi connectivity index (χ2n) is 9.51. The third kappa shape index (κ3) is 8.79. The van der Waals surface area contributed by atoms with Crippen LogP contribution in [0.1, 0.15) is 57.2 Å². The summed E-state index contributed by atoms with van der Waals surface area (Å²) in [5, 5.41) is 5.85. The minimum Gasteiger partial charge on any atom is -0.493 e. The zero-order valence-corrected chi connectivity index (χ0v) is 23.1. The summed E-state index contributed by atoms with van der Waals surface area (Å²) in [7, 11) is 3.00. The van der Waals surface area contributed by atoms with Crippen molar-refractivity contribution >= 4 is 29.4 Å². The number of nitrogens with one attached hydrogen (secondary N) is 2. The summed E-state index contributed by atoms with van der Waals surface area (Å²) in [5.41, 5.74) is 6.01. The third-order valence-corrected chi connectivity index (χ3v) is 5.32. The Bertz CT molecular complexity index is 1130. The molecule has 1 aromatic heterocycles. The summed E-state index contributed by atoms with van der Waals surface area (Å²) < 4.78 is 16.4. The van der Waals surface area contributed by atoms with Crippen molar-refractivity contribution in [3.8, 4) is 11.6 Å². The summed E-state index contributed by atoms with van der Waals surface area (Å²) >= 11 is 0. The average molecular weight is 531 g/mol. The molecule has 0 saturated heterocycles. The Morgan fingerprint density at radius 1 is 1.18 bits per heavy atom. The lowest BCUT2D eigenvalue weighted by Crippen LogP contribution is -2.47. The largest absolute Gasteiger partial charge is 0.493 e. The highest BCUT2D eigenvalue weighted by molar-refractivity contribution is 5.96. The Morgan fingerprint density at radius 2 is 1.89 bits per heavy atom. The van der Waals surface area contributed by atoms with Gasteiger partial charge < -0.3 is 30.6 Å². The molecule has 0 aliphatic rings. The van der Waals surface area contributed by atoms with E-state index in [0.717, 1.165) is 0 Å². The van der Waals surface area contributed by atoms with Gasteiger partial charge in [0, 0.05) is 25.3 Å². The maximum Gasteiger partial charge on any atom is 0.410 e. The molecule has 12 nitrogen and oxygen atoms in total. The van der Waals surface area contributed by atoms with E-state index < -0.39 is 23.6 Å². The van der Waals surface area contributed by atoms with E-state index in [9.17, 15) is 14.4 Å². The fourth-order valence-corrected chi connectivity index (χ4v) is 3.20. The van der Waals surface area contributed by atoms with Crippen molar-refractivity contribution in [2.24, 2.45) is 5.73 Å². The van der Waals surface area contributed by atoms with Crippen LogP contribution in [0, 0.1) is 0 Å². The van der Waals surface area contributed by atoms with Crippen LogP contribution in [0.15, 0.2) is 24.3 Å². The molecule has 0 fully saturated rings. The summed E-state index contributed by atoms with van der Waals surface area (Å²) in [6.07, 6.45) is 0.504. The van der Waals surface area contributed by atoms with Crippen LogP contribution in [-0.2, 0) is 16.0 Å². The molecule has 0 aliphatic heterocycles. The van der Waals surface area contributed by atoms with Gasteiger partial charge in [-0.05, 0) is 52.7 Å². The van der Waals surface area contributed by atoms with E-state index in [4.69, 9.17) is 19.9 Å². The molecule has 1 atom stereocenters. The van der Waals surface area contributed by atoms with Crippen LogP contribution in [0.4, 0.5) is 16.3 Å². The number of ether oxygens (including phenoxy) is 3. The average Bonchev–Trinajstić information content (AvgIpc) is 2.86. The van der Waals surface area contributed by atoms with E-state index in [1.54, 1.807) is 52.0 Å². The Balaban J connectivity index is 1.90. The first-order valence-electron chi connectivity index (χ1n) is 12.3. The van der Waals surface area contributed by atoms with Crippen molar-refractivity contribution in [3.63, 3.8) is 0 Å². The number of carbonyl (C=O) groups is 3. The van der Waals surface area contributed by atoms with Gasteiger partial charge in [-0.25, -0.2) is 9.78 Å². The van der Waals surface area contributed by atoms with Crippen LogP contribution in [0.25, 0.3) is 0 Å². The van der Waals surface area contributed by atoms with Gasteiger partial charge in [0.05, 0.1) is 13.7 Å². The van der Waals surface area contributed by atoms with Crippen LogP contribution < -0.4 is 25.8 Å². The number of methoxy groups -OCH3 is 1. The standard InChI is InChI=1S/C26H38N6O6/c1-8-19-24(36-7)31-22(20(30-19)21(27)33)29-17-11-9-12-18(15-17)37-14-10-13-28-23(34)16(2)32(6)25(35)38-26(3,4)5/h9,11-12,15-16H,8,10,13-14H2,1-7H3,(H2,27,33)(H,28,34)(H,29,31)/t16-/m0/s1. The zero-order valence-electron chi connectivity index (χ0n) is 23.1. The maximum absolute atomic E-state index is 12.4. The molecule has 208 valence electrons. The van der Waals surface area contributed by atoms with Crippen molar-refractivity contribution in [1.29, 1.82) is 0 Å². The molecule has 0 bridgehead atoms. The lowest BCUT2D eigenvalue weighted by Gasteiger charge is -2.28. The predicted molar refractivity (Wildman–Crippen MR) is 143 cm³/mol. The number of anilines is 2. The van der Waals surface area contributed by atoms with Crippen molar-refractivity contribution in [3.05, 3.63) is 35.7 Å². The molecular weight excluding hydrogens is 492 g/mol. The molecule has 1 aromatic carbocycles. The normalized spacial score (nSPS) is 11.8. The summed E-state index contributed by atoms with van der Waals surface area (Å²) in [6.45, 7) is 9.51. The van der Waals surface area contributed by atoms with E-state index in [-0.39, 0.29) is 17.4 Å². The molecule has 12 heteroatoms. The number of nitrogens with two attached hydrogens (primary N) is 1. The van der Waals surface area contributed by atoms with Crippen molar-refractivity contribution in [2.75, 3.05) is 32.6 Å². The van der Waals surface area contributed by atoms with E-state index in [1.807, 2.05) is 6.92 Å². The molecule has 0 unspecified atom stereocenters. The predicted octanol–water partition coefficient (Wildman–Crippen LogP) is 3.03. The molecule has 2 aromatic rings. The Kier molecular flexibility index (Phi) is 10.7. The molecule has 3 amide bonds. The molecular formula is C26H38N6O6. The molecule has 0 radical (unpaired) electrons. The van der Waals surface area contributed by atoms with Crippen molar-refractivity contribution in [1.82, 2.24) is 20.2 Å². The van der Waals surface area contributed by atoms with Gasteiger partial charge in [0.15, 0.2) is 11.5 Å². The second kappa shape index (κ2) is 13.5. The van der Waals surface area contributed by atoms with E-state index >= 15 is 0 Å². The van der Waals surface area contributed by atoms with Crippen LogP contribution in [0.3, 0.4) is 0 Å². The quantitative estimate of drug-likeness (QED) is 0.351. The van der Waals surface area contributed by atoms with Crippen LogP contribution in [-0.4, -0.2) is 71.7 Å². The van der Waals surface area contributed by atoms with E-state index in [0.29, 0.717) is 49.0 Å². The molecule has 1 heterocycles. The van der Waals surface area contributed by atoms with Gasteiger partial charge in [-0.1, -0.05) is 13.0 Å². The monoisotopic (exact) mass is 530 g/mol. The second-order valence-corrected chi connectivity index (χ2v) is 9.51. The van der Waals surface area contributed by atoms with Gasteiger partial charge in [0.2, 0.25) is 11.8 Å². The highest BCUT2D eigenvalue weighted by atomic mass is 16.6. The van der Waals surface area contributed by atoms with Crippen molar-refractivity contribution < 1.29 is 28.6 Å². The molecule has 0 aliphatic carbocycles. The van der Waals surface area contributed by atoms with E-state index in [1.165, 1.54) is 19.1 Å². The Hall–Kier alpha value is -4.09. The van der Waals surface area contributed by atoms with Crippen LogP contribution in [0.5, 0.6) is 11.6 Å². The number of amides is 3. The van der Waals surface area contributed by atoms with Gasteiger partial charge in [-0.3, -0.25) is 14.5 Å². The fraction of sp³-hybridized carbons (Fsp3) is 0.500. The number of primary amides is 1. The number of aromatic nitrogens is 2. The van der Waals surface area contributed by atoms with Gasteiger partial charge in [-0.15, -0.1) is 0 Å². The summed E-state index contributed by atoms with van der Waals surface area (Å²) in [4.78, 5) is 46.4. The Labute approximate surface area is 223 Å². The number of likely N-dealkylation sites (N-methyl/N-ethyl adjacent to an activating group) is 1.